The van der Waals surface area contributed by atoms with Crippen LogP contribution in [0.3, 0.4) is 0 Å². The van der Waals surface area contributed by atoms with Crippen LogP contribution >= 0.6 is 0 Å². The van der Waals surface area contributed by atoms with Crippen LogP contribution in [0.5, 0.6) is 11.5 Å². The Balaban J connectivity index is 1.16. The fourth-order valence-corrected chi connectivity index (χ4v) is 8.86. The molecule has 0 bridgehead atoms. The van der Waals surface area contributed by atoms with Crippen molar-refractivity contribution >= 4 is 36.9 Å². The molecule has 2 fully saturated rings. The number of hydrogen-bond donors (Lipinski definition) is 6. The third-order valence-electron chi connectivity index (χ3n) is 8.79. The molecule has 2 saturated heterocycles. The van der Waals surface area contributed by atoms with E-state index in [1.54, 1.807) is 0 Å². The average Bonchev–Trinajstić information content (AvgIpc) is 3.12. The van der Waals surface area contributed by atoms with Gasteiger partial charge in [-0.15, -0.1) is 26.3 Å². The van der Waals surface area contributed by atoms with E-state index in [0.29, 0.717) is 0 Å². The molecule has 0 unspecified atom stereocenters. The predicted octanol–water partition coefficient (Wildman–Crippen LogP) is 0.749. The molecule has 0 saturated carbocycles. The van der Waals surface area contributed by atoms with E-state index in [9.17, 15) is 66.6 Å². The zero-order valence-electron chi connectivity index (χ0n) is 28.7. The molecule has 0 radical (unpaired) electrons. The summed E-state index contributed by atoms with van der Waals surface area (Å²) in [6, 6.07) is 8.27. The van der Waals surface area contributed by atoms with E-state index in [1.807, 2.05) is 0 Å². The second kappa shape index (κ2) is 17.2. The molecule has 0 amide bonds. The van der Waals surface area contributed by atoms with Crippen molar-refractivity contribution in [2.45, 2.75) is 84.8 Å². The summed E-state index contributed by atoms with van der Waals surface area (Å²) in [6.07, 6.45) is -22.9. The average molecular weight is 890 g/mol. The van der Waals surface area contributed by atoms with Gasteiger partial charge < -0.3 is 0 Å². The Kier molecular flexibility index (Phi) is 12.9. The molecule has 57 heavy (non-hydrogen) atoms. The third kappa shape index (κ3) is 10.1. The van der Waals surface area contributed by atoms with Gasteiger partial charge in [0.2, 0.25) is 0 Å². The molecular weight excluding hydrogens is 857 g/mol. The monoisotopic (exact) mass is 890 g/mol. The molecule has 10 atom stereocenters. The SMILES string of the molecule is O=c1oc2ccc(OC(F)(F)F)cc2cc1CO[C@H]1[C@@H](O)[C@@H](CO)O[C@@H]([Se][C@@H]2O[C@H](CO)[C@H](O)[C@H](OCc3cc4cc(OC(F)(F)F)ccc4oc3=O)[C@H]2O)[C@@H]1O. The van der Waals surface area contributed by atoms with Crippen LogP contribution in [-0.4, -0.2) is 130 Å². The third-order valence-corrected chi connectivity index (χ3v) is 11.6. The van der Waals surface area contributed by atoms with Crippen molar-refractivity contribution in [1.82, 2.24) is 0 Å². The number of halogens is 6. The Morgan fingerprint density at radius 1 is 0.596 bits per heavy atom. The first-order valence-electron chi connectivity index (χ1n) is 16.6. The van der Waals surface area contributed by atoms with Crippen molar-refractivity contribution in [2.24, 2.45) is 0 Å². The first-order chi connectivity index (χ1) is 26.8. The molecule has 16 nitrogen and oxygen atoms in total. The number of hydrogen-bond acceptors (Lipinski definition) is 16. The van der Waals surface area contributed by atoms with E-state index in [0.717, 1.165) is 48.5 Å². The standard InChI is InChI=1S/C34H32F6O16Se/c35-33(36,37)55-17-1-3-19-13(7-17)5-15(29(47)51-19)11-49-27-23(43)21(9-41)53-31(25(27)45)57-32-26(46)28(24(44)22(10-42)54-32)50-12-16-6-14-8-18(56-34(38,39)40)2-4-20(14)52-30(16)48/h1-8,21-28,31-32,41-46H,9-12H2/t21-,22-,23+,24+,25-,26-,27+,28+,31+,32+/m1/s1. The van der Waals surface area contributed by atoms with Gasteiger partial charge >= 0.3 is 295 Å². The van der Waals surface area contributed by atoms with Crippen molar-refractivity contribution in [3.8, 4) is 11.5 Å². The molecule has 23 heteroatoms. The molecule has 6 N–H and O–H groups in total. The van der Waals surface area contributed by atoms with Gasteiger partial charge in [0, 0.05) is 0 Å². The van der Waals surface area contributed by atoms with Crippen LogP contribution in [0.15, 0.2) is 67.0 Å². The van der Waals surface area contributed by atoms with Gasteiger partial charge in [-0.25, -0.2) is 0 Å². The van der Waals surface area contributed by atoms with Gasteiger partial charge in [-0.3, -0.25) is 0 Å². The summed E-state index contributed by atoms with van der Waals surface area (Å²) < 4.78 is 117. The molecule has 0 spiro atoms. The number of aliphatic hydroxyl groups is 6. The van der Waals surface area contributed by atoms with Gasteiger partial charge in [-0.05, 0) is 0 Å². The van der Waals surface area contributed by atoms with Crippen molar-refractivity contribution in [3.63, 3.8) is 0 Å². The Morgan fingerprint density at radius 3 is 1.33 bits per heavy atom. The van der Waals surface area contributed by atoms with Crippen LogP contribution in [0.25, 0.3) is 21.9 Å². The van der Waals surface area contributed by atoms with Gasteiger partial charge in [0.25, 0.3) is 0 Å². The Bertz CT molecular complexity index is 2000. The fourth-order valence-electron chi connectivity index (χ4n) is 6.11. The van der Waals surface area contributed by atoms with Gasteiger partial charge in [0.15, 0.2) is 0 Å². The van der Waals surface area contributed by atoms with Crippen molar-refractivity contribution < 1.29 is 94.2 Å². The van der Waals surface area contributed by atoms with Gasteiger partial charge in [0.05, 0.1) is 0 Å². The first-order valence-corrected chi connectivity index (χ1v) is 18.6. The number of alkyl halides is 6. The van der Waals surface area contributed by atoms with E-state index in [2.05, 4.69) is 9.47 Å². The second-order valence-electron chi connectivity index (χ2n) is 12.7. The summed E-state index contributed by atoms with van der Waals surface area (Å²) >= 11 is -1.23. The molecule has 2 aliphatic heterocycles. The second-order valence-corrected chi connectivity index (χ2v) is 15.2. The quantitative estimate of drug-likeness (QED) is 0.0654. The predicted molar refractivity (Wildman–Crippen MR) is 177 cm³/mol. The number of aliphatic hydroxyl groups excluding tert-OH is 6. The van der Waals surface area contributed by atoms with Gasteiger partial charge in [-0.1, -0.05) is 0 Å². The maximum absolute atomic E-state index is 12.7. The fraction of sp³-hybridized carbons (Fsp3) is 0.471. The van der Waals surface area contributed by atoms with Crippen LogP contribution in [0.1, 0.15) is 11.1 Å². The van der Waals surface area contributed by atoms with Crippen LogP contribution in [0, 0.1) is 0 Å². The molecular formula is C34H32F6O16Se. The van der Waals surface area contributed by atoms with Crippen molar-refractivity contribution in [2.75, 3.05) is 13.2 Å². The first kappa shape index (κ1) is 42.8. The number of fused-ring (bicyclic) bond motifs is 2. The van der Waals surface area contributed by atoms with E-state index >= 15 is 0 Å². The maximum atomic E-state index is 12.7. The van der Waals surface area contributed by atoms with Gasteiger partial charge in [-0.2, -0.15) is 0 Å². The Labute approximate surface area is 320 Å². The molecule has 0 aliphatic carbocycles. The Morgan fingerprint density at radius 2 is 0.982 bits per heavy atom. The van der Waals surface area contributed by atoms with E-state index in [-0.39, 0.29) is 33.1 Å². The molecule has 4 aromatic rings. The molecule has 2 aromatic heterocycles. The van der Waals surface area contributed by atoms with Crippen LogP contribution in [0.4, 0.5) is 26.3 Å². The van der Waals surface area contributed by atoms with E-state index < -0.39 is 136 Å². The number of benzene rings is 2. The number of ether oxygens (including phenoxy) is 6. The minimum atomic E-state index is -5.00. The van der Waals surface area contributed by atoms with E-state index in [1.165, 1.54) is 0 Å². The zero-order chi connectivity index (χ0) is 41.4. The number of rotatable bonds is 12. The van der Waals surface area contributed by atoms with Crippen LogP contribution in [0.2, 0.25) is 0 Å². The molecule has 6 rings (SSSR count). The summed E-state index contributed by atoms with van der Waals surface area (Å²) in [4.78, 5) is 25.3. The van der Waals surface area contributed by atoms with E-state index in [4.69, 9.17) is 27.8 Å². The molecule has 2 aromatic carbocycles. The van der Waals surface area contributed by atoms with Crippen LogP contribution < -0.4 is 20.7 Å². The minimum absolute atomic E-state index is 0.0180. The Hall–Kier alpha value is -3.84. The molecule has 312 valence electrons. The molecule has 2 aliphatic rings. The summed E-state index contributed by atoms with van der Waals surface area (Å²) in [5.41, 5.74) is -2.55. The zero-order valence-corrected chi connectivity index (χ0v) is 30.4. The van der Waals surface area contributed by atoms with Gasteiger partial charge in [0.1, 0.15) is 0 Å². The molecule has 4 heterocycles. The normalized spacial score (nSPS) is 28.5. The summed E-state index contributed by atoms with van der Waals surface area (Å²) in [5, 5.41) is 61.6. The summed E-state index contributed by atoms with van der Waals surface area (Å²) in [7, 11) is 0. The summed E-state index contributed by atoms with van der Waals surface area (Å²) in [5.74, 6) is -1.21. The van der Waals surface area contributed by atoms with Crippen LogP contribution in [-0.2, 0) is 32.2 Å². The van der Waals surface area contributed by atoms with Crippen molar-refractivity contribution in [3.05, 3.63) is 80.5 Å². The topological polar surface area (TPSA) is 237 Å². The van der Waals surface area contributed by atoms with Crippen molar-refractivity contribution in [1.29, 1.82) is 0 Å². The summed E-state index contributed by atoms with van der Waals surface area (Å²) in [6.45, 7) is -2.93.